The molecule has 1 heterocycles. The Morgan fingerprint density at radius 2 is 2.19 bits per heavy atom. The monoisotopic (exact) mass is 221 g/mol. The van der Waals surface area contributed by atoms with Gasteiger partial charge in [0.1, 0.15) is 0 Å². The molecule has 1 aromatic heterocycles. The van der Waals surface area contributed by atoms with Gasteiger partial charge >= 0.3 is 0 Å². The van der Waals surface area contributed by atoms with E-state index in [-0.39, 0.29) is 0 Å². The van der Waals surface area contributed by atoms with Crippen molar-refractivity contribution in [2.24, 2.45) is 0 Å². The van der Waals surface area contributed by atoms with Gasteiger partial charge in [0.15, 0.2) is 0 Å². The highest BCUT2D eigenvalue weighted by Gasteiger charge is 2.09. The first kappa shape index (κ1) is 13.0. The summed E-state index contributed by atoms with van der Waals surface area (Å²) in [6.07, 6.45) is 8.16. The van der Waals surface area contributed by atoms with E-state index in [1.807, 2.05) is 12.3 Å². The molecule has 0 aromatic carbocycles. The molecule has 3 heteroatoms. The lowest BCUT2D eigenvalue weighted by Crippen LogP contribution is -2.31. The van der Waals surface area contributed by atoms with Crippen molar-refractivity contribution in [3.63, 3.8) is 0 Å². The Hall–Kier alpha value is -1.09. The number of hydrogen-bond donors (Lipinski definition) is 2. The van der Waals surface area contributed by atoms with Gasteiger partial charge in [0.2, 0.25) is 0 Å². The number of nitrogens with two attached hydrogens (primary N) is 1. The van der Waals surface area contributed by atoms with Crippen molar-refractivity contribution in [2.75, 3.05) is 12.3 Å². The van der Waals surface area contributed by atoms with Gasteiger partial charge in [-0.3, -0.25) is 4.98 Å². The average Bonchev–Trinajstić information content (AvgIpc) is 2.29. The predicted molar refractivity (Wildman–Crippen MR) is 69.3 cm³/mol. The zero-order chi connectivity index (χ0) is 11.8. The lowest BCUT2D eigenvalue weighted by molar-refractivity contribution is 0.473. The van der Waals surface area contributed by atoms with Crippen LogP contribution in [0.25, 0.3) is 0 Å². The normalized spacial score (nSPS) is 12.6. The number of hydrogen-bond acceptors (Lipinski definition) is 3. The Labute approximate surface area is 98.5 Å². The van der Waals surface area contributed by atoms with Crippen LogP contribution in [-0.4, -0.2) is 17.6 Å². The predicted octanol–water partition coefficient (Wildman–Crippen LogP) is 2.37. The minimum atomic E-state index is 0.524. The van der Waals surface area contributed by atoms with Crippen LogP contribution in [0.5, 0.6) is 0 Å². The molecule has 3 nitrogen and oxygen atoms in total. The quantitative estimate of drug-likeness (QED) is 0.743. The highest BCUT2D eigenvalue weighted by Crippen LogP contribution is 2.13. The fourth-order valence-corrected chi connectivity index (χ4v) is 1.85. The van der Waals surface area contributed by atoms with E-state index in [9.17, 15) is 0 Å². The number of nitrogens with one attached hydrogen (secondary N) is 1. The lowest BCUT2D eigenvalue weighted by atomic mass is 10.0. The van der Waals surface area contributed by atoms with E-state index < -0.39 is 0 Å². The zero-order valence-corrected chi connectivity index (χ0v) is 10.4. The molecule has 0 aliphatic carbocycles. The highest BCUT2D eigenvalue weighted by atomic mass is 14.9. The molecular weight excluding hydrogens is 198 g/mol. The van der Waals surface area contributed by atoms with Crippen LogP contribution in [0.1, 0.15) is 38.7 Å². The van der Waals surface area contributed by atoms with Gasteiger partial charge in [0.25, 0.3) is 0 Å². The third-order valence-electron chi connectivity index (χ3n) is 2.73. The molecule has 3 N–H and O–H groups in total. The largest absolute Gasteiger partial charge is 0.398 e. The van der Waals surface area contributed by atoms with Crippen molar-refractivity contribution >= 4 is 5.69 Å². The fraction of sp³-hybridized carbons (Fsp3) is 0.615. The van der Waals surface area contributed by atoms with Crippen LogP contribution in [0.15, 0.2) is 18.5 Å². The van der Waals surface area contributed by atoms with Gasteiger partial charge in [-0.2, -0.15) is 0 Å². The van der Waals surface area contributed by atoms with E-state index in [0.29, 0.717) is 6.04 Å². The van der Waals surface area contributed by atoms with Gasteiger partial charge < -0.3 is 11.1 Å². The van der Waals surface area contributed by atoms with Crippen LogP contribution in [0.3, 0.4) is 0 Å². The molecule has 0 saturated heterocycles. The number of nitrogens with zero attached hydrogens (tertiary/aromatic N) is 1. The molecule has 1 rings (SSSR count). The summed E-state index contributed by atoms with van der Waals surface area (Å²) in [4.78, 5) is 4.13. The van der Waals surface area contributed by atoms with E-state index in [4.69, 9.17) is 5.73 Å². The molecule has 16 heavy (non-hydrogen) atoms. The molecular formula is C13H23N3. The molecule has 0 spiro atoms. The first-order chi connectivity index (χ1) is 7.77. The summed E-state index contributed by atoms with van der Waals surface area (Å²) in [5.41, 5.74) is 7.94. The molecule has 0 bridgehead atoms. The summed E-state index contributed by atoms with van der Waals surface area (Å²) in [5.74, 6) is 0. The van der Waals surface area contributed by atoms with Crippen molar-refractivity contribution in [3.05, 3.63) is 24.0 Å². The van der Waals surface area contributed by atoms with Crippen LogP contribution in [0.4, 0.5) is 5.69 Å². The smallest absolute Gasteiger partial charge is 0.0378 e. The van der Waals surface area contributed by atoms with Gasteiger partial charge in [-0.25, -0.2) is 0 Å². The van der Waals surface area contributed by atoms with E-state index >= 15 is 0 Å². The minimum absolute atomic E-state index is 0.524. The molecule has 0 aliphatic heterocycles. The Morgan fingerprint density at radius 1 is 1.38 bits per heavy atom. The third kappa shape index (κ3) is 4.19. The minimum Gasteiger partial charge on any atom is -0.398 e. The summed E-state index contributed by atoms with van der Waals surface area (Å²) in [5, 5.41) is 3.56. The molecule has 0 fully saturated rings. The van der Waals surface area contributed by atoms with Crippen LogP contribution in [0, 0.1) is 0 Å². The fourth-order valence-electron chi connectivity index (χ4n) is 1.85. The highest BCUT2D eigenvalue weighted by molar-refractivity contribution is 5.44. The molecule has 0 saturated carbocycles. The maximum Gasteiger partial charge on any atom is 0.0378 e. The third-order valence-corrected chi connectivity index (χ3v) is 2.73. The molecule has 1 unspecified atom stereocenters. The van der Waals surface area contributed by atoms with Crippen molar-refractivity contribution in [3.8, 4) is 0 Å². The zero-order valence-electron chi connectivity index (χ0n) is 10.4. The SMILES string of the molecule is CCCNC(CCC)Cc1cnccc1N. The second-order valence-electron chi connectivity index (χ2n) is 4.22. The lowest BCUT2D eigenvalue weighted by Gasteiger charge is -2.18. The summed E-state index contributed by atoms with van der Waals surface area (Å²) >= 11 is 0. The molecule has 1 aromatic rings. The molecule has 0 amide bonds. The van der Waals surface area contributed by atoms with Crippen molar-refractivity contribution in [1.82, 2.24) is 10.3 Å². The van der Waals surface area contributed by atoms with Crippen molar-refractivity contribution < 1.29 is 0 Å². The first-order valence-corrected chi connectivity index (χ1v) is 6.19. The van der Waals surface area contributed by atoms with E-state index in [1.165, 1.54) is 19.3 Å². The topological polar surface area (TPSA) is 50.9 Å². The van der Waals surface area contributed by atoms with Gasteiger partial charge in [-0.15, -0.1) is 0 Å². The van der Waals surface area contributed by atoms with Crippen molar-refractivity contribution in [2.45, 2.75) is 45.6 Å². The van der Waals surface area contributed by atoms with Gasteiger partial charge in [0.05, 0.1) is 0 Å². The molecule has 1 atom stereocenters. The Bertz CT molecular complexity index is 299. The van der Waals surface area contributed by atoms with Gasteiger partial charge in [-0.05, 0) is 37.4 Å². The van der Waals surface area contributed by atoms with E-state index in [2.05, 4.69) is 24.1 Å². The van der Waals surface area contributed by atoms with Crippen LogP contribution in [-0.2, 0) is 6.42 Å². The maximum atomic E-state index is 5.93. The average molecular weight is 221 g/mol. The number of rotatable bonds is 7. The van der Waals surface area contributed by atoms with Gasteiger partial charge in [-0.1, -0.05) is 20.3 Å². The maximum absolute atomic E-state index is 5.93. The second-order valence-corrected chi connectivity index (χ2v) is 4.22. The number of aromatic nitrogens is 1. The number of pyridine rings is 1. The summed E-state index contributed by atoms with van der Waals surface area (Å²) in [6.45, 7) is 5.48. The number of anilines is 1. The summed E-state index contributed by atoms with van der Waals surface area (Å²) in [6, 6.07) is 2.40. The Balaban J connectivity index is 2.56. The van der Waals surface area contributed by atoms with Gasteiger partial charge in [0, 0.05) is 24.1 Å². The summed E-state index contributed by atoms with van der Waals surface area (Å²) < 4.78 is 0. The second kappa shape index (κ2) is 7.23. The van der Waals surface area contributed by atoms with E-state index in [1.54, 1.807) is 6.20 Å². The van der Waals surface area contributed by atoms with Crippen LogP contribution >= 0.6 is 0 Å². The molecule has 0 aliphatic rings. The van der Waals surface area contributed by atoms with Crippen LogP contribution in [0.2, 0.25) is 0 Å². The Morgan fingerprint density at radius 3 is 2.81 bits per heavy atom. The molecule has 0 radical (unpaired) electrons. The first-order valence-electron chi connectivity index (χ1n) is 6.19. The van der Waals surface area contributed by atoms with E-state index in [0.717, 1.165) is 24.2 Å². The summed E-state index contributed by atoms with van der Waals surface area (Å²) in [7, 11) is 0. The number of nitrogen functional groups attached to an aromatic ring is 1. The standard InChI is InChI=1S/C13H23N3/c1-3-5-12(16-7-4-2)9-11-10-15-8-6-13(11)14/h6,8,10,12,16H,3-5,7,9H2,1-2H3,(H2,14,15). The Kier molecular flexibility index (Phi) is 5.86. The van der Waals surface area contributed by atoms with Crippen molar-refractivity contribution in [1.29, 1.82) is 0 Å². The molecule has 90 valence electrons. The van der Waals surface area contributed by atoms with Crippen LogP contribution < -0.4 is 11.1 Å².